The summed E-state index contributed by atoms with van der Waals surface area (Å²) in [5.41, 5.74) is 1.75. The van der Waals surface area contributed by atoms with E-state index in [1.165, 1.54) is 44.9 Å². The van der Waals surface area contributed by atoms with Crippen LogP contribution in [0.15, 0.2) is 18.2 Å². The Morgan fingerprint density at radius 1 is 0.894 bits per heavy atom. The fourth-order valence-corrected chi connectivity index (χ4v) is 12.3. The van der Waals surface area contributed by atoms with E-state index in [1.54, 1.807) is 0 Å². The molecule has 0 aromatic heterocycles. The fourth-order valence-electron chi connectivity index (χ4n) is 12.3. The zero-order valence-corrected chi connectivity index (χ0v) is 29.0. The van der Waals surface area contributed by atoms with Crippen molar-refractivity contribution in [1.82, 2.24) is 10.6 Å². The van der Waals surface area contributed by atoms with Crippen LogP contribution in [0.2, 0.25) is 0 Å². The number of hydrogen-bond acceptors (Lipinski definition) is 6. The first-order valence-electron chi connectivity index (χ1n) is 18.8. The number of benzene rings is 1. The Morgan fingerprint density at radius 3 is 2.55 bits per heavy atom. The van der Waals surface area contributed by atoms with E-state index in [2.05, 4.69) is 38.3 Å². The second-order valence-corrected chi connectivity index (χ2v) is 17.2. The van der Waals surface area contributed by atoms with Crippen LogP contribution in [0.5, 0.6) is 11.5 Å². The predicted octanol–water partition coefficient (Wildman–Crippen LogP) is 6.40. The number of carbonyl (C=O) groups is 2. The predicted molar refractivity (Wildman–Crippen MR) is 178 cm³/mol. The maximum atomic E-state index is 12.9. The fraction of sp³-hybridized carbons (Fsp3) is 0.795. The van der Waals surface area contributed by atoms with Crippen molar-refractivity contribution in [3.8, 4) is 11.5 Å². The SMILES string of the molecule is C[C@H]1CC[C@@]2(OC1)O[C@H]1C[C@H]3[C@@H]4CC[C@@H]5C[C@@H](NC(=O)CC(=O)NCCc6ccc7c(c6)OCO7)CC[C@]5(C)[C@H]4CC[C@]3(C)[C@H]1[C@@H]2C. The highest BCUT2D eigenvalue weighted by Gasteiger charge is 2.69. The molecule has 2 amide bonds. The van der Waals surface area contributed by atoms with Crippen LogP contribution in [0.4, 0.5) is 0 Å². The number of rotatable bonds is 6. The molecule has 7 aliphatic rings. The van der Waals surface area contributed by atoms with Gasteiger partial charge in [0, 0.05) is 24.9 Å². The van der Waals surface area contributed by atoms with Crippen LogP contribution in [0, 0.1) is 52.3 Å². The zero-order chi connectivity index (χ0) is 32.6. The average molecular weight is 649 g/mol. The van der Waals surface area contributed by atoms with Gasteiger partial charge in [0.15, 0.2) is 17.3 Å². The smallest absolute Gasteiger partial charge is 0.231 e. The van der Waals surface area contributed by atoms with Crippen molar-refractivity contribution in [2.24, 2.45) is 52.3 Å². The third kappa shape index (κ3) is 5.39. The van der Waals surface area contributed by atoms with Gasteiger partial charge in [0.25, 0.3) is 0 Å². The lowest BCUT2D eigenvalue weighted by Gasteiger charge is -2.61. The third-order valence-corrected chi connectivity index (χ3v) is 14.8. The molecule has 2 saturated heterocycles. The van der Waals surface area contributed by atoms with Crippen molar-refractivity contribution in [2.75, 3.05) is 19.9 Å². The Kier molecular flexibility index (Phi) is 8.10. The second kappa shape index (κ2) is 11.9. The van der Waals surface area contributed by atoms with Gasteiger partial charge in [-0.3, -0.25) is 9.59 Å². The molecule has 6 fully saturated rings. The van der Waals surface area contributed by atoms with Crippen LogP contribution in [0.3, 0.4) is 0 Å². The second-order valence-electron chi connectivity index (χ2n) is 17.2. The normalized spacial score (nSPS) is 44.6. The van der Waals surface area contributed by atoms with Crippen molar-refractivity contribution < 1.29 is 28.5 Å². The highest BCUT2D eigenvalue weighted by molar-refractivity contribution is 5.96. The highest BCUT2D eigenvalue weighted by atomic mass is 16.7. The first kappa shape index (κ1) is 31.9. The van der Waals surface area contributed by atoms with Gasteiger partial charge in [-0.2, -0.15) is 0 Å². The molecule has 3 aliphatic heterocycles. The maximum absolute atomic E-state index is 12.9. The molecular formula is C39H56N2O6. The van der Waals surface area contributed by atoms with Crippen LogP contribution < -0.4 is 20.1 Å². The summed E-state index contributed by atoms with van der Waals surface area (Å²) in [6.07, 6.45) is 12.8. The molecular weight excluding hydrogens is 592 g/mol. The number of hydrogen-bond donors (Lipinski definition) is 2. The minimum Gasteiger partial charge on any atom is -0.454 e. The van der Waals surface area contributed by atoms with Crippen LogP contribution in [-0.2, 0) is 25.5 Å². The van der Waals surface area contributed by atoms with Crippen LogP contribution in [0.1, 0.15) is 104 Å². The van der Waals surface area contributed by atoms with Gasteiger partial charge in [-0.1, -0.05) is 33.8 Å². The molecule has 2 N–H and O–H groups in total. The number of ether oxygens (including phenoxy) is 4. The van der Waals surface area contributed by atoms with Crippen molar-refractivity contribution in [1.29, 1.82) is 0 Å². The molecule has 258 valence electrons. The summed E-state index contributed by atoms with van der Waals surface area (Å²) in [4.78, 5) is 25.5. The summed E-state index contributed by atoms with van der Waals surface area (Å²) in [5.74, 6) is 5.44. The summed E-state index contributed by atoms with van der Waals surface area (Å²) in [6.45, 7) is 11.5. The molecule has 1 aromatic carbocycles. The monoisotopic (exact) mass is 648 g/mol. The average Bonchev–Trinajstić information content (AvgIpc) is 3.70. The van der Waals surface area contributed by atoms with E-state index < -0.39 is 0 Å². The van der Waals surface area contributed by atoms with Gasteiger partial charge >= 0.3 is 0 Å². The van der Waals surface area contributed by atoms with Crippen LogP contribution >= 0.6 is 0 Å². The van der Waals surface area contributed by atoms with E-state index in [4.69, 9.17) is 18.9 Å². The first-order chi connectivity index (χ1) is 22.6. The summed E-state index contributed by atoms with van der Waals surface area (Å²) in [7, 11) is 0. The first-order valence-corrected chi connectivity index (χ1v) is 18.8. The molecule has 12 atom stereocenters. The minimum absolute atomic E-state index is 0.112. The molecule has 0 bridgehead atoms. The lowest BCUT2D eigenvalue weighted by molar-refractivity contribution is -0.273. The largest absolute Gasteiger partial charge is 0.454 e. The maximum Gasteiger partial charge on any atom is 0.231 e. The van der Waals surface area contributed by atoms with E-state index in [0.717, 1.165) is 60.7 Å². The van der Waals surface area contributed by atoms with Crippen LogP contribution in [0.25, 0.3) is 0 Å². The van der Waals surface area contributed by atoms with E-state index in [-0.39, 0.29) is 36.9 Å². The van der Waals surface area contributed by atoms with Crippen molar-refractivity contribution in [3.63, 3.8) is 0 Å². The molecule has 3 heterocycles. The Morgan fingerprint density at radius 2 is 1.72 bits per heavy atom. The molecule has 47 heavy (non-hydrogen) atoms. The van der Waals surface area contributed by atoms with Crippen molar-refractivity contribution >= 4 is 11.8 Å². The van der Waals surface area contributed by atoms with Crippen molar-refractivity contribution in [2.45, 2.75) is 123 Å². The zero-order valence-electron chi connectivity index (χ0n) is 29.0. The molecule has 1 aromatic rings. The van der Waals surface area contributed by atoms with Crippen LogP contribution in [-0.4, -0.2) is 49.7 Å². The van der Waals surface area contributed by atoms with E-state index in [9.17, 15) is 9.59 Å². The summed E-state index contributed by atoms with van der Waals surface area (Å²) < 4.78 is 24.3. The Bertz CT molecular complexity index is 1370. The Labute approximate surface area is 280 Å². The standard InChI is InChI=1S/C39H56N2O6/c1-23-9-15-39(46-21-23)24(2)36-33(47-39)19-30-28-7-6-26-18-27(10-13-37(26,3)29(28)11-14-38(30,36)4)41-35(43)20-34(42)40-16-12-25-5-8-31-32(17-25)45-22-44-31/h5,8,17,23-24,26-30,33,36H,6-7,9-16,18-22H2,1-4H3,(H,40,42)(H,41,43)/t23-,24-,26+,27-,28+,29-,30-,33-,36-,37-,38-,39+/m0/s1. The molecule has 8 rings (SSSR count). The van der Waals surface area contributed by atoms with Gasteiger partial charge in [0.05, 0.1) is 12.7 Å². The number of amides is 2. The number of fused-ring (bicyclic) bond motifs is 8. The van der Waals surface area contributed by atoms with Gasteiger partial charge in [0.2, 0.25) is 18.6 Å². The van der Waals surface area contributed by atoms with Gasteiger partial charge < -0.3 is 29.6 Å². The van der Waals surface area contributed by atoms with Gasteiger partial charge in [-0.15, -0.1) is 0 Å². The molecule has 8 heteroatoms. The molecule has 4 saturated carbocycles. The Hall–Kier alpha value is -2.32. The van der Waals surface area contributed by atoms with E-state index in [0.29, 0.717) is 53.6 Å². The van der Waals surface area contributed by atoms with Gasteiger partial charge in [0.1, 0.15) is 6.42 Å². The lowest BCUT2D eigenvalue weighted by atomic mass is 9.44. The molecule has 4 aliphatic carbocycles. The molecule has 0 radical (unpaired) electrons. The highest BCUT2D eigenvalue weighted by Crippen LogP contribution is 2.71. The molecule has 8 nitrogen and oxygen atoms in total. The number of nitrogens with one attached hydrogen (secondary N) is 2. The van der Waals surface area contributed by atoms with Gasteiger partial charge in [-0.05, 0) is 128 Å². The molecule has 0 unspecified atom stereocenters. The van der Waals surface area contributed by atoms with E-state index in [1.807, 2.05) is 18.2 Å². The minimum atomic E-state index is -0.339. The van der Waals surface area contributed by atoms with Crippen molar-refractivity contribution in [3.05, 3.63) is 23.8 Å². The number of carbonyl (C=O) groups excluding carboxylic acids is 2. The quantitative estimate of drug-likeness (QED) is 0.347. The summed E-state index contributed by atoms with van der Waals surface area (Å²) in [5, 5.41) is 6.17. The van der Waals surface area contributed by atoms with E-state index >= 15 is 0 Å². The summed E-state index contributed by atoms with van der Waals surface area (Å²) >= 11 is 0. The summed E-state index contributed by atoms with van der Waals surface area (Å²) in [6, 6.07) is 6.00. The lowest BCUT2D eigenvalue weighted by Crippen LogP contribution is -2.56. The molecule has 1 spiro atoms. The Balaban J connectivity index is 0.832. The topological polar surface area (TPSA) is 95.1 Å². The third-order valence-electron chi connectivity index (χ3n) is 14.8. The van der Waals surface area contributed by atoms with Gasteiger partial charge in [-0.25, -0.2) is 0 Å².